The molecule has 1 aromatic carbocycles. The molecule has 2 nitrogen and oxygen atoms in total. The van der Waals surface area contributed by atoms with Crippen LogP contribution in [0, 0.1) is 12.0 Å². The lowest BCUT2D eigenvalue weighted by molar-refractivity contribution is 0.0837. The number of halogens is 2. The van der Waals surface area contributed by atoms with Gasteiger partial charge in [0.1, 0.15) is 5.75 Å². The van der Waals surface area contributed by atoms with E-state index in [0.717, 1.165) is 6.42 Å². The van der Waals surface area contributed by atoms with Crippen LogP contribution in [0.1, 0.15) is 20.3 Å². The van der Waals surface area contributed by atoms with Gasteiger partial charge >= 0.3 is 0 Å². The zero-order valence-corrected chi connectivity index (χ0v) is 11.6. The quantitative estimate of drug-likeness (QED) is 0.466. The number of ether oxygens (including phenoxy) is 1. The van der Waals surface area contributed by atoms with E-state index in [1.165, 1.54) is 0 Å². The zero-order chi connectivity index (χ0) is 12.8. The first-order valence-corrected chi connectivity index (χ1v) is 6.11. The van der Waals surface area contributed by atoms with Gasteiger partial charge in [0.25, 0.3) is 0 Å². The zero-order valence-electron chi connectivity index (χ0n) is 10.1. The highest BCUT2D eigenvalue weighted by Gasteiger charge is 2.13. The van der Waals surface area contributed by atoms with Crippen molar-refractivity contribution in [3.63, 3.8) is 0 Å². The van der Waals surface area contributed by atoms with Crippen LogP contribution in [0.3, 0.4) is 0 Å². The minimum Gasteiger partial charge on any atom is -0.468 e. The van der Waals surface area contributed by atoms with Crippen LogP contribution >= 0.6 is 23.2 Å². The fraction of sp³-hybridized carbons (Fsp3) is 0.385. The summed E-state index contributed by atoms with van der Waals surface area (Å²) in [6.45, 7) is 3.82. The Kier molecular flexibility index (Phi) is 5.47. The number of benzene rings is 1. The molecule has 0 aliphatic carbocycles. The van der Waals surface area contributed by atoms with E-state index in [1.54, 1.807) is 25.1 Å². The molecule has 0 bridgehead atoms. The van der Waals surface area contributed by atoms with Gasteiger partial charge in [-0.25, -0.2) is 0 Å². The predicted octanol–water partition coefficient (Wildman–Crippen LogP) is 4.02. The van der Waals surface area contributed by atoms with Crippen molar-refractivity contribution >= 4 is 23.2 Å². The predicted molar refractivity (Wildman–Crippen MR) is 72.4 cm³/mol. The Morgan fingerprint density at radius 2 is 2.12 bits per heavy atom. The first kappa shape index (κ1) is 14.0. The molecule has 0 fully saturated rings. The third-order valence-corrected chi connectivity index (χ3v) is 2.76. The molecule has 17 heavy (non-hydrogen) atoms. The molecule has 92 valence electrons. The smallest absolute Gasteiger partial charge is 0.178 e. The van der Waals surface area contributed by atoms with Gasteiger partial charge in [-0.15, -0.1) is 0 Å². The summed E-state index contributed by atoms with van der Waals surface area (Å²) in [5.41, 5.74) is 0. The molecule has 0 spiro atoms. The van der Waals surface area contributed by atoms with Crippen molar-refractivity contribution in [2.75, 3.05) is 7.05 Å². The Balaban J connectivity index is 2.82. The van der Waals surface area contributed by atoms with E-state index in [9.17, 15) is 0 Å². The normalized spacial score (nSPS) is 11.4. The van der Waals surface area contributed by atoms with Gasteiger partial charge in [0.05, 0.1) is 5.02 Å². The number of rotatable bonds is 4. The van der Waals surface area contributed by atoms with Crippen LogP contribution in [-0.4, -0.2) is 18.2 Å². The van der Waals surface area contributed by atoms with E-state index in [0.29, 0.717) is 15.8 Å². The maximum atomic E-state index is 6.05. The highest BCUT2D eigenvalue weighted by molar-refractivity contribution is 6.35. The van der Waals surface area contributed by atoms with E-state index < -0.39 is 0 Å². The summed E-state index contributed by atoms with van der Waals surface area (Å²) in [5.74, 6) is 3.45. The lowest BCUT2D eigenvalue weighted by atomic mass is 10.3. The Hall–Kier alpha value is -1.04. The molecule has 0 saturated carbocycles. The highest BCUT2D eigenvalue weighted by Crippen LogP contribution is 2.28. The largest absolute Gasteiger partial charge is 0.468 e. The molecule has 0 heterocycles. The van der Waals surface area contributed by atoms with Crippen LogP contribution < -0.4 is 4.74 Å². The number of nitrogens with zero attached hydrogens (tertiary/aromatic N) is 1. The van der Waals surface area contributed by atoms with E-state index >= 15 is 0 Å². The fourth-order valence-corrected chi connectivity index (χ4v) is 1.85. The maximum absolute atomic E-state index is 6.05. The number of hydrogen-bond acceptors (Lipinski definition) is 2. The monoisotopic (exact) mass is 271 g/mol. The molecule has 4 heteroatoms. The third-order valence-electron chi connectivity index (χ3n) is 2.23. The van der Waals surface area contributed by atoms with E-state index in [-0.39, 0.29) is 6.23 Å². The Labute approximate surface area is 112 Å². The number of hydrogen-bond donors (Lipinski definition) is 0. The Morgan fingerprint density at radius 3 is 2.65 bits per heavy atom. The first-order valence-electron chi connectivity index (χ1n) is 5.35. The van der Waals surface area contributed by atoms with Crippen molar-refractivity contribution < 1.29 is 4.74 Å². The Bertz CT molecular complexity index is 437. The standard InChI is InChI=1S/C13H15Cl2NO/c1-4-8-16(3)13(5-2)17-12-7-6-10(14)9-11(12)15/h6-7,9,13H,5H2,1-3H3. The van der Waals surface area contributed by atoms with Crippen molar-refractivity contribution in [3.8, 4) is 17.7 Å². The molecule has 0 radical (unpaired) electrons. The second kappa shape index (κ2) is 6.64. The average Bonchev–Trinajstić information content (AvgIpc) is 2.28. The fourth-order valence-electron chi connectivity index (χ4n) is 1.40. The third kappa shape index (κ3) is 4.03. The van der Waals surface area contributed by atoms with Crippen LogP contribution in [0.5, 0.6) is 5.75 Å². The van der Waals surface area contributed by atoms with Crippen LogP contribution in [0.15, 0.2) is 18.2 Å². The SMILES string of the molecule is CC#CN(C)C(CC)Oc1ccc(Cl)cc1Cl. The molecular formula is C13H15Cl2NO. The van der Waals surface area contributed by atoms with Crippen LogP contribution in [0.25, 0.3) is 0 Å². The van der Waals surface area contributed by atoms with Crippen LogP contribution in [-0.2, 0) is 0 Å². The highest BCUT2D eigenvalue weighted by atomic mass is 35.5. The summed E-state index contributed by atoms with van der Waals surface area (Å²) in [6.07, 6.45) is 0.686. The summed E-state index contributed by atoms with van der Waals surface area (Å²) < 4.78 is 5.80. The summed E-state index contributed by atoms with van der Waals surface area (Å²) >= 11 is 11.9. The van der Waals surface area contributed by atoms with Gasteiger partial charge in [-0.2, -0.15) is 0 Å². The summed E-state index contributed by atoms with van der Waals surface area (Å²) in [7, 11) is 1.88. The minimum atomic E-state index is -0.124. The lowest BCUT2D eigenvalue weighted by Crippen LogP contribution is -2.32. The van der Waals surface area contributed by atoms with Crippen molar-refractivity contribution in [3.05, 3.63) is 28.2 Å². The molecule has 0 aliphatic rings. The van der Waals surface area contributed by atoms with Gasteiger partial charge in [0, 0.05) is 24.5 Å². The van der Waals surface area contributed by atoms with E-state index in [2.05, 4.69) is 12.0 Å². The molecule has 1 rings (SSSR count). The van der Waals surface area contributed by atoms with Gasteiger partial charge in [-0.05, 0) is 25.1 Å². The molecule has 0 saturated heterocycles. The Morgan fingerprint density at radius 1 is 1.41 bits per heavy atom. The second-order valence-electron chi connectivity index (χ2n) is 3.53. The van der Waals surface area contributed by atoms with Gasteiger partial charge in [-0.3, -0.25) is 4.90 Å². The minimum absolute atomic E-state index is 0.124. The van der Waals surface area contributed by atoms with Crippen LogP contribution in [0.4, 0.5) is 0 Å². The van der Waals surface area contributed by atoms with Crippen molar-refractivity contribution in [2.24, 2.45) is 0 Å². The van der Waals surface area contributed by atoms with E-state index in [1.807, 2.05) is 18.9 Å². The molecule has 1 atom stereocenters. The molecule has 1 aromatic rings. The summed E-state index contributed by atoms with van der Waals surface area (Å²) in [4.78, 5) is 1.82. The lowest BCUT2D eigenvalue weighted by Gasteiger charge is -2.24. The molecular weight excluding hydrogens is 257 g/mol. The first-order chi connectivity index (χ1) is 8.08. The van der Waals surface area contributed by atoms with Crippen molar-refractivity contribution in [1.82, 2.24) is 4.90 Å². The maximum Gasteiger partial charge on any atom is 0.178 e. The summed E-state index contributed by atoms with van der Waals surface area (Å²) in [5, 5.41) is 1.10. The molecule has 0 N–H and O–H groups in total. The van der Waals surface area contributed by atoms with E-state index in [4.69, 9.17) is 27.9 Å². The van der Waals surface area contributed by atoms with Gasteiger partial charge < -0.3 is 4.74 Å². The van der Waals surface area contributed by atoms with Gasteiger partial charge in [-0.1, -0.05) is 36.0 Å². The van der Waals surface area contributed by atoms with Gasteiger partial charge in [0.2, 0.25) is 0 Å². The van der Waals surface area contributed by atoms with Crippen molar-refractivity contribution in [2.45, 2.75) is 26.5 Å². The summed E-state index contributed by atoms with van der Waals surface area (Å²) in [6, 6.07) is 8.12. The molecule has 1 unspecified atom stereocenters. The molecule has 0 aliphatic heterocycles. The molecule has 0 aromatic heterocycles. The topological polar surface area (TPSA) is 12.5 Å². The molecule has 0 amide bonds. The van der Waals surface area contributed by atoms with Gasteiger partial charge in [0.15, 0.2) is 6.23 Å². The van der Waals surface area contributed by atoms with Crippen LogP contribution in [0.2, 0.25) is 10.0 Å². The van der Waals surface area contributed by atoms with Crippen molar-refractivity contribution in [1.29, 1.82) is 0 Å². The average molecular weight is 272 g/mol. The second-order valence-corrected chi connectivity index (χ2v) is 4.37.